The molecular formula is C67H105N13O21S. The number of amides is 12. The number of carboxylic acids is 3. The monoisotopic (exact) mass is 1460 g/mol. The molecule has 0 spiro atoms. The Bertz CT molecular complexity index is 3160. The number of hydrogen-bond acceptors (Lipinski definition) is 18. The molecule has 3 heterocycles. The Kier molecular flexibility index (Phi) is 37.3. The van der Waals surface area contributed by atoms with Crippen molar-refractivity contribution in [2.75, 3.05) is 45.0 Å². The van der Waals surface area contributed by atoms with Gasteiger partial charge in [0.1, 0.15) is 54.4 Å². The maximum absolute atomic E-state index is 15.1. The van der Waals surface area contributed by atoms with Crippen LogP contribution in [-0.2, 0) is 88.4 Å². The first-order valence-corrected chi connectivity index (χ1v) is 37.0. The molecule has 12 amide bonds. The molecule has 0 radical (unpaired) electrons. The number of carboxylic acid groups (broad SMARTS) is 3. The van der Waals surface area contributed by atoms with E-state index < -0.39 is 211 Å². The van der Waals surface area contributed by atoms with Crippen molar-refractivity contribution in [1.29, 1.82) is 0 Å². The van der Waals surface area contributed by atoms with Gasteiger partial charge >= 0.3 is 17.9 Å². The van der Waals surface area contributed by atoms with Crippen LogP contribution in [0, 0.1) is 5.92 Å². The summed E-state index contributed by atoms with van der Waals surface area (Å²) in [5.41, 5.74) is 0.486. The number of aliphatic hydroxyl groups excluding tert-OH is 1. The highest BCUT2D eigenvalue weighted by molar-refractivity contribution is 7.89. The van der Waals surface area contributed by atoms with E-state index in [1.165, 1.54) is 44.9 Å². The fourth-order valence-electron chi connectivity index (χ4n) is 12.1. The van der Waals surface area contributed by atoms with Crippen LogP contribution in [0.3, 0.4) is 0 Å². The van der Waals surface area contributed by atoms with Crippen molar-refractivity contribution < 1.29 is 101 Å². The van der Waals surface area contributed by atoms with Crippen LogP contribution in [0.2, 0.25) is 0 Å². The van der Waals surface area contributed by atoms with Gasteiger partial charge in [0, 0.05) is 19.6 Å². The number of benzene rings is 1. The van der Waals surface area contributed by atoms with E-state index in [0.717, 1.165) is 48.8 Å². The zero-order valence-electron chi connectivity index (χ0n) is 58.7. The Morgan fingerprint density at radius 2 is 1.02 bits per heavy atom. The van der Waals surface area contributed by atoms with Gasteiger partial charge in [-0.3, -0.25) is 71.9 Å². The first-order valence-electron chi connectivity index (χ1n) is 35.3. The molecular weight excluding hydrogens is 1350 g/mol. The van der Waals surface area contributed by atoms with E-state index in [1.54, 1.807) is 44.2 Å². The number of sulfonamides is 1. The molecule has 0 aliphatic carbocycles. The summed E-state index contributed by atoms with van der Waals surface area (Å²) in [6.45, 7) is 2.49. The SMILES string of the molecule is CCCCCCCCCCCCCCCCS(=O)(=O)N[C@@H](Cc1ccccc1)C(=O)N[C@@H](CC(=O)O)C(=O)N[C@H]1CNC(=O)[C@@H]2CCCN2C(=O)[C@H]([C@H](C)CC)NC(=O)[C@H]([C@@H](C)O)NC(=O)CNC(=O)[C@H](CC(=O)O)NC(=O)CNC(=O)[C@H](CC(=O)O)NC(=O)CNC(=O)[C@@H]2CCCCN2C1=O. The molecule has 3 fully saturated rings. The van der Waals surface area contributed by atoms with Crippen molar-refractivity contribution in [1.82, 2.24) is 67.7 Å². The lowest BCUT2D eigenvalue weighted by atomic mass is 9.96. The van der Waals surface area contributed by atoms with Crippen LogP contribution in [-0.4, -0.2) is 233 Å². The second-order valence-corrected chi connectivity index (χ2v) is 28.1. The number of aliphatic carboxylic acids is 3. The van der Waals surface area contributed by atoms with Gasteiger partial charge in [-0.05, 0) is 63.4 Å². The van der Waals surface area contributed by atoms with E-state index in [-0.39, 0.29) is 63.8 Å². The maximum atomic E-state index is 15.1. The van der Waals surface area contributed by atoms with E-state index in [9.17, 15) is 96.0 Å². The molecule has 15 N–H and O–H groups in total. The van der Waals surface area contributed by atoms with Gasteiger partial charge in [0.25, 0.3) is 0 Å². The Balaban J connectivity index is 1.68. The summed E-state index contributed by atoms with van der Waals surface area (Å²) < 4.78 is 29.9. The van der Waals surface area contributed by atoms with E-state index >= 15 is 4.79 Å². The normalized spacial score (nSPS) is 22.7. The highest BCUT2D eigenvalue weighted by Gasteiger charge is 2.43. The average molecular weight is 1460 g/mol. The Hall–Kier alpha value is -8.86. The van der Waals surface area contributed by atoms with E-state index in [1.807, 2.05) is 0 Å². The molecule has 11 atom stereocenters. The van der Waals surface area contributed by atoms with Gasteiger partial charge in [-0.25, -0.2) is 13.1 Å². The molecule has 1 aromatic rings. The standard InChI is InChI=1S/C67H105N13O21S/c1-5-7-8-9-10-11-12-13-14-15-16-17-18-24-32-102(100,101)78-47(33-43-26-20-19-21-27-43)62(94)74-46(36-56(89)90)61(93)75-48-37-68-63(95)50-29-25-31-80(50)67(99)57(41(3)6-2)77-65(97)58(42(4)81)76-53(84)40-70-60(92)45(35-55(87)88)72-51(82)38-69-59(91)44(34-54(85)86)73-52(83)39-71-64(96)49-28-22-23-30-79(49)66(48)98/h19-21,26-27,41-42,44-50,57-58,78,81H,5-18,22-25,28-40H2,1-4H3,(H,68,95)(H,69,91)(H,70,92)(H,71,96)(H,72,82)(H,73,83)(H,74,94)(H,75,93)(H,76,84)(H,77,97)(H,85,86)(H,87,88)(H,89,90)/t41-,42-,44+,45+,46+,47+,48+,49+,50+,57+,58+/m1/s1. The Labute approximate surface area is 594 Å². The Morgan fingerprint density at radius 3 is 1.53 bits per heavy atom. The molecule has 3 aliphatic rings. The number of carbonyl (C=O) groups excluding carboxylic acids is 12. The minimum Gasteiger partial charge on any atom is -0.481 e. The largest absolute Gasteiger partial charge is 0.481 e. The summed E-state index contributed by atoms with van der Waals surface area (Å²) in [4.78, 5) is 206. The van der Waals surface area contributed by atoms with Crippen molar-refractivity contribution >= 4 is 98.8 Å². The lowest BCUT2D eigenvalue weighted by molar-refractivity contribution is -0.146. The lowest BCUT2D eigenvalue weighted by Crippen LogP contribution is -2.63. The van der Waals surface area contributed by atoms with E-state index in [0.29, 0.717) is 18.4 Å². The van der Waals surface area contributed by atoms with Crippen molar-refractivity contribution in [3.05, 3.63) is 35.9 Å². The molecule has 0 saturated carbocycles. The van der Waals surface area contributed by atoms with Crippen molar-refractivity contribution in [3.8, 4) is 0 Å². The summed E-state index contributed by atoms with van der Waals surface area (Å²) in [5, 5.41) is 62.9. The second kappa shape index (κ2) is 44.5. The number of carbonyl (C=O) groups is 15. The third-order valence-electron chi connectivity index (χ3n) is 17.9. The zero-order chi connectivity index (χ0) is 75.5. The average Bonchev–Trinajstić information content (AvgIpc) is 1.46. The van der Waals surface area contributed by atoms with Crippen LogP contribution in [0.25, 0.3) is 0 Å². The van der Waals surface area contributed by atoms with Crippen LogP contribution < -0.4 is 57.9 Å². The summed E-state index contributed by atoms with van der Waals surface area (Å²) in [6.07, 6.45) is 10.1. The van der Waals surface area contributed by atoms with Crippen LogP contribution in [0.15, 0.2) is 30.3 Å². The van der Waals surface area contributed by atoms with Gasteiger partial charge in [-0.2, -0.15) is 0 Å². The van der Waals surface area contributed by atoms with Crippen LogP contribution >= 0.6 is 0 Å². The highest BCUT2D eigenvalue weighted by Crippen LogP contribution is 2.24. The third kappa shape index (κ3) is 30.4. The molecule has 34 nitrogen and oxygen atoms in total. The molecule has 3 aliphatic heterocycles. The number of aliphatic hydroxyl groups is 1. The van der Waals surface area contributed by atoms with Gasteiger partial charge < -0.3 is 83.4 Å². The zero-order valence-corrected chi connectivity index (χ0v) is 59.5. The predicted molar refractivity (Wildman–Crippen MR) is 367 cm³/mol. The van der Waals surface area contributed by atoms with Crippen molar-refractivity contribution in [3.63, 3.8) is 0 Å². The first kappa shape index (κ1) is 85.6. The molecule has 102 heavy (non-hydrogen) atoms. The van der Waals surface area contributed by atoms with Gasteiger partial charge in [-0.1, -0.05) is 141 Å². The van der Waals surface area contributed by atoms with Crippen molar-refractivity contribution in [2.45, 2.75) is 242 Å². The number of nitrogens with zero attached hydrogens (tertiary/aromatic N) is 2. The van der Waals surface area contributed by atoms with Gasteiger partial charge in [0.2, 0.25) is 80.9 Å². The minimum atomic E-state index is -4.20. The molecule has 0 unspecified atom stereocenters. The van der Waals surface area contributed by atoms with Crippen LogP contribution in [0.4, 0.5) is 0 Å². The van der Waals surface area contributed by atoms with E-state index in [4.69, 9.17) is 0 Å². The summed E-state index contributed by atoms with van der Waals surface area (Å²) in [5.74, 6) is -19.3. The molecule has 4 rings (SSSR count). The number of unbranched alkanes of at least 4 members (excludes halogenated alkanes) is 13. The molecule has 570 valence electrons. The maximum Gasteiger partial charge on any atom is 0.305 e. The van der Waals surface area contributed by atoms with Crippen LogP contribution in [0.1, 0.15) is 181 Å². The fourth-order valence-corrected chi connectivity index (χ4v) is 13.4. The molecule has 35 heteroatoms. The van der Waals surface area contributed by atoms with Gasteiger partial charge in [-0.15, -0.1) is 0 Å². The molecule has 1 aromatic carbocycles. The van der Waals surface area contributed by atoms with Crippen LogP contribution in [0.5, 0.6) is 0 Å². The number of fused-ring (bicyclic) bond motifs is 2. The van der Waals surface area contributed by atoms with Crippen molar-refractivity contribution in [2.24, 2.45) is 5.92 Å². The number of nitrogens with one attached hydrogen (secondary N) is 11. The summed E-state index contributed by atoms with van der Waals surface area (Å²) in [7, 11) is -4.20. The second-order valence-electron chi connectivity index (χ2n) is 26.2. The number of rotatable bonds is 32. The third-order valence-corrected chi connectivity index (χ3v) is 19.4. The van der Waals surface area contributed by atoms with E-state index in [2.05, 4.69) is 64.8 Å². The number of hydrogen-bond donors (Lipinski definition) is 15. The Morgan fingerprint density at radius 1 is 0.539 bits per heavy atom. The minimum absolute atomic E-state index is 0.00251. The molecule has 0 bridgehead atoms. The van der Waals surface area contributed by atoms with Gasteiger partial charge in [0.05, 0.1) is 50.8 Å². The predicted octanol–water partition coefficient (Wildman–Crippen LogP) is -1.39. The quantitative estimate of drug-likeness (QED) is 0.0369. The number of piperidine rings is 1. The fraction of sp³-hybridized carbons (Fsp3) is 0.687. The summed E-state index contributed by atoms with van der Waals surface area (Å²) >= 11 is 0. The first-order chi connectivity index (χ1) is 48.4. The smallest absolute Gasteiger partial charge is 0.305 e. The lowest BCUT2D eigenvalue weighted by Gasteiger charge is -2.37. The molecule has 0 aromatic heterocycles. The van der Waals surface area contributed by atoms with Gasteiger partial charge in [0.15, 0.2) is 0 Å². The summed E-state index contributed by atoms with van der Waals surface area (Å²) in [6, 6.07) is -7.25. The highest BCUT2D eigenvalue weighted by atomic mass is 32.2. The molecule has 3 saturated heterocycles. The topological polar surface area (TPSA) is 510 Å².